The molecule has 3 heterocycles. The zero-order valence-electron chi connectivity index (χ0n) is 25.5. The average molecular weight is 614 g/mol. The number of halogens is 3. The van der Waals surface area contributed by atoms with Gasteiger partial charge in [-0.3, -0.25) is 9.48 Å². The number of aryl methyl sites for hydroxylation is 1. The van der Waals surface area contributed by atoms with Gasteiger partial charge in [0.05, 0.1) is 36.8 Å². The van der Waals surface area contributed by atoms with Gasteiger partial charge in [-0.25, -0.2) is 4.80 Å². The summed E-state index contributed by atoms with van der Waals surface area (Å²) in [5.41, 5.74) is 0.601. The van der Waals surface area contributed by atoms with Crippen molar-refractivity contribution in [1.82, 2.24) is 19.9 Å². The fourth-order valence-corrected chi connectivity index (χ4v) is 6.99. The molecule has 0 unspecified atom stereocenters. The maximum atomic E-state index is 14.4. The molecule has 2 saturated carbocycles. The van der Waals surface area contributed by atoms with Crippen LogP contribution < -0.4 is 15.0 Å². The molecule has 1 N–H and O–H groups in total. The highest BCUT2D eigenvalue weighted by atomic mass is 19.4. The number of carbonyl (C=O) groups is 1. The summed E-state index contributed by atoms with van der Waals surface area (Å²) in [7, 11) is 5.48. The number of fused-ring (bicyclic) bond motifs is 1. The summed E-state index contributed by atoms with van der Waals surface area (Å²) < 4.78 is 62.4. The zero-order valence-corrected chi connectivity index (χ0v) is 25.5. The lowest BCUT2D eigenvalue weighted by Gasteiger charge is -2.48. The van der Waals surface area contributed by atoms with Gasteiger partial charge in [-0.2, -0.15) is 13.2 Å². The molecule has 0 bridgehead atoms. The third-order valence-electron chi connectivity index (χ3n) is 10.1. The Balaban J connectivity index is 1.27. The van der Waals surface area contributed by atoms with Gasteiger partial charge in [-0.15, -0.1) is 5.10 Å². The molecule has 1 aromatic heterocycles. The molecule has 3 fully saturated rings. The number of rotatable bonds is 9. The van der Waals surface area contributed by atoms with Crippen LogP contribution in [0.1, 0.15) is 77.5 Å². The van der Waals surface area contributed by atoms with Gasteiger partial charge in [0.25, 0.3) is 5.91 Å². The lowest BCUT2D eigenvalue weighted by molar-refractivity contribution is -0.138. The van der Waals surface area contributed by atoms with E-state index in [2.05, 4.69) is 17.3 Å². The molecule has 44 heavy (non-hydrogen) atoms. The lowest BCUT2D eigenvalue weighted by Crippen LogP contribution is -2.51. The summed E-state index contributed by atoms with van der Waals surface area (Å²) >= 11 is 0. The van der Waals surface area contributed by atoms with Gasteiger partial charge in [-0.05, 0) is 80.0 Å². The predicted molar refractivity (Wildman–Crippen MR) is 156 cm³/mol. The van der Waals surface area contributed by atoms with E-state index in [4.69, 9.17) is 14.2 Å². The first-order valence-corrected chi connectivity index (χ1v) is 15.2. The quantitative estimate of drug-likeness (QED) is 0.372. The number of nitrogens with one attached hydrogen (secondary N) is 1. The van der Waals surface area contributed by atoms with E-state index in [1.807, 2.05) is 30.9 Å². The monoisotopic (exact) mass is 613 g/mol. The summed E-state index contributed by atoms with van der Waals surface area (Å²) in [6.45, 7) is 3.08. The van der Waals surface area contributed by atoms with Crippen LogP contribution in [0.15, 0.2) is 30.3 Å². The van der Waals surface area contributed by atoms with E-state index in [0.717, 1.165) is 30.7 Å². The SMILES string of the molecule is COC1CC(c2cc(OC3COC3)cc(N3Cc4c(cc(CNC5(C)CCC5)cc4C(F)(F)F)C3=O)c2)(c2nn(C)n2C)C1. The van der Waals surface area contributed by atoms with Crippen LogP contribution >= 0.6 is 0 Å². The first-order chi connectivity index (χ1) is 20.9. The highest BCUT2D eigenvalue weighted by Crippen LogP contribution is 2.52. The molecule has 7 rings (SSSR count). The molecule has 9 nitrogen and oxygen atoms in total. The van der Waals surface area contributed by atoms with Gasteiger partial charge in [0.1, 0.15) is 11.9 Å². The van der Waals surface area contributed by atoms with Crippen molar-refractivity contribution >= 4 is 11.6 Å². The molecule has 1 saturated heterocycles. The minimum Gasteiger partial charge on any atom is -0.486 e. The molecule has 12 heteroatoms. The molecular formula is C32H38F3N5O4. The predicted octanol–water partition coefficient (Wildman–Crippen LogP) is 4.84. The number of benzene rings is 2. The minimum absolute atomic E-state index is 0.00361. The lowest BCUT2D eigenvalue weighted by atomic mass is 9.61. The fraction of sp³-hybridized carbons (Fsp3) is 0.562. The second-order valence-electron chi connectivity index (χ2n) is 13.1. The highest BCUT2D eigenvalue weighted by Gasteiger charge is 2.52. The summed E-state index contributed by atoms with van der Waals surface area (Å²) in [6, 6.07) is 8.43. The molecule has 1 amide bonds. The molecule has 3 aromatic rings. The normalized spacial score (nSPS) is 24.6. The average Bonchev–Trinajstić information content (AvgIpc) is 3.26. The van der Waals surface area contributed by atoms with Crippen LogP contribution in [0.25, 0.3) is 0 Å². The number of nitrogens with zero attached hydrogens (tertiary/aromatic N) is 4. The number of alkyl halides is 3. The second kappa shape index (κ2) is 10.3. The van der Waals surface area contributed by atoms with Gasteiger partial charge in [-0.1, -0.05) is 0 Å². The fourth-order valence-electron chi connectivity index (χ4n) is 6.99. The van der Waals surface area contributed by atoms with Crippen LogP contribution in [0, 0.1) is 0 Å². The van der Waals surface area contributed by atoms with Crippen LogP contribution in [0.5, 0.6) is 5.75 Å². The minimum atomic E-state index is -4.60. The molecule has 2 aromatic carbocycles. The molecule has 4 aliphatic rings. The number of hydrogen-bond donors (Lipinski definition) is 1. The molecule has 236 valence electrons. The number of aromatic nitrogens is 3. The van der Waals surface area contributed by atoms with E-state index in [0.29, 0.717) is 43.1 Å². The van der Waals surface area contributed by atoms with Gasteiger partial charge < -0.3 is 24.4 Å². The van der Waals surface area contributed by atoms with Crippen molar-refractivity contribution < 1.29 is 32.2 Å². The number of methoxy groups -OCH3 is 1. The molecular weight excluding hydrogens is 575 g/mol. The summed E-state index contributed by atoms with van der Waals surface area (Å²) in [5.74, 6) is 0.962. The van der Waals surface area contributed by atoms with Crippen molar-refractivity contribution in [1.29, 1.82) is 0 Å². The van der Waals surface area contributed by atoms with Crippen molar-refractivity contribution in [2.24, 2.45) is 14.1 Å². The zero-order chi connectivity index (χ0) is 31.0. The van der Waals surface area contributed by atoms with E-state index in [1.165, 1.54) is 11.0 Å². The third kappa shape index (κ3) is 4.82. The number of hydrogen-bond acceptors (Lipinski definition) is 6. The van der Waals surface area contributed by atoms with E-state index < -0.39 is 23.1 Å². The topological polar surface area (TPSA) is 82.8 Å². The Morgan fingerprint density at radius 1 is 1.09 bits per heavy atom. The summed E-state index contributed by atoms with van der Waals surface area (Å²) in [5, 5.41) is 8.08. The Hall–Kier alpha value is -3.35. The van der Waals surface area contributed by atoms with E-state index in [-0.39, 0.29) is 42.0 Å². The Kier molecular flexibility index (Phi) is 6.91. The van der Waals surface area contributed by atoms with Crippen molar-refractivity contribution in [3.63, 3.8) is 0 Å². The molecule has 0 atom stereocenters. The van der Waals surface area contributed by atoms with Crippen LogP contribution in [-0.4, -0.2) is 58.6 Å². The smallest absolute Gasteiger partial charge is 0.416 e. The molecule has 0 spiro atoms. The number of amides is 1. The Labute approximate surface area is 254 Å². The van der Waals surface area contributed by atoms with Crippen LogP contribution in [0.2, 0.25) is 0 Å². The van der Waals surface area contributed by atoms with Crippen molar-refractivity contribution in [2.45, 2.75) is 81.5 Å². The van der Waals surface area contributed by atoms with Crippen LogP contribution in [-0.2, 0) is 48.2 Å². The Bertz CT molecular complexity index is 1600. The third-order valence-corrected chi connectivity index (χ3v) is 10.1. The van der Waals surface area contributed by atoms with Gasteiger partial charge in [0.2, 0.25) is 0 Å². The Morgan fingerprint density at radius 3 is 2.41 bits per heavy atom. The maximum absolute atomic E-state index is 14.4. The maximum Gasteiger partial charge on any atom is 0.416 e. The number of ether oxygens (including phenoxy) is 3. The second-order valence-corrected chi connectivity index (χ2v) is 13.1. The first kappa shape index (κ1) is 29.4. The summed E-state index contributed by atoms with van der Waals surface area (Å²) in [6.07, 6.45) is -0.276. The molecule has 2 aliphatic carbocycles. The van der Waals surface area contributed by atoms with Gasteiger partial charge in [0.15, 0.2) is 5.82 Å². The Morgan fingerprint density at radius 2 is 1.84 bits per heavy atom. The van der Waals surface area contributed by atoms with Crippen LogP contribution in [0.4, 0.5) is 18.9 Å². The molecule has 0 radical (unpaired) electrons. The molecule has 2 aliphatic heterocycles. The van der Waals surface area contributed by atoms with Crippen molar-refractivity contribution in [3.8, 4) is 5.75 Å². The van der Waals surface area contributed by atoms with Crippen molar-refractivity contribution in [2.75, 3.05) is 25.2 Å². The number of carbonyl (C=O) groups excluding carboxylic acids is 1. The van der Waals surface area contributed by atoms with Gasteiger partial charge >= 0.3 is 6.18 Å². The highest BCUT2D eigenvalue weighted by molar-refractivity contribution is 6.10. The summed E-state index contributed by atoms with van der Waals surface area (Å²) in [4.78, 5) is 17.1. The van der Waals surface area contributed by atoms with Gasteiger partial charge in [0, 0.05) is 50.6 Å². The first-order valence-electron chi connectivity index (χ1n) is 15.2. The largest absolute Gasteiger partial charge is 0.486 e. The van der Waals surface area contributed by atoms with E-state index >= 15 is 0 Å². The van der Waals surface area contributed by atoms with Crippen molar-refractivity contribution in [3.05, 3.63) is 64.0 Å². The standard InChI is InChI=1S/C32H38F3N5O4/c1-30(6-5-7-30)36-15-19-8-25-26(27(9-19)32(33,34)35)16-40(28(25)41)21-10-20(11-22(12-21)44-24-17-43-18-24)31(13-23(14-31)42-4)29-37-39(3)38(29)2/h8-12,23-24,36H,5-7,13-18H2,1-4H3. The van der Waals surface area contributed by atoms with E-state index in [1.54, 1.807) is 24.0 Å². The van der Waals surface area contributed by atoms with E-state index in [9.17, 15) is 18.0 Å². The number of anilines is 1. The van der Waals surface area contributed by atoms with Crippen LogP contribution in [0.3, 0.4) is 0 Å².